The van der Waals surface area contributed by atoms with Crippen LogP contribution in [-0.4, -0.2) is 31.5 Å². The van der Waals surface area contributed by atoms with Gasteiger partial charge in [-0.05, 0) is 37.1 Å². The maximum absolute atomic E-state index is 12.5. The molecule has 4 rings (SSSR count). The Morgan fingerprint density at radius 3 is 3.00 bits per heavy atom. The van der Waals surface area contributed by atoms with Gasteiger partial charge >= 0.3 is 0 Å². The fraction of sp³-hybridized carbons (Fsp3) is 0.333. The van der Waals surface area contributed by atoms with E-state index in [0.717, 1.165) is 41.8 Å². The van der Waals surface area contributed by atoms with Crippen LogP contribution in [0.1, 0.15) is 30.5 Å². The number of nitrogens with one attached hydrogen (secondary N) is 2. The van der Waals surface area contributed by atoms with E-state index in [9.17, 15) is 9.59 Å². The lowest BCUT2D eigenvalue weighted by molar-refractivity contribution is -0.115. The Morgan fingerprint density at radius 1 is 1.37 bits per heavy atom. The van der Waals surface area contributed by atoms with Crippen LogP contribution in [0.3, 0.4) is 0 Å². The van der Waals surface area contributed by atoms with Gasteiger partial charge in [0.25, 0.3) is 5.56 Å². The molecule has 3 heterocycles. The normalized spacial score (nSPS) is 13.4. The molecule has 0 saturated heterocycles. The second-order valence-electron chi connectivity index (χ2n) is 6.31. The molecule has 2 N–H and O–H groups in total. The molecule has 9 heteroatoms. The number of aromatic nitrogens is 4. The first-order valence-electron chi connectivity index (χ1n) is 8.78. The van der Waals surface area contributed by atoms with Crippen molar-refractivity contribution < 1.29 is 4.79 Å². The monoisotopic (exact) mass is 403 g/mol. The second-order valence-corrected chi connectivity index (χ2v) is 7.64. The summed E-state index contributed by atoms with van der Waals surface area (Å²) in [5.41, 5.74) is 2.13. The van der Waals surface area contributed by atoms with Crippen LogP contribution < -0.4 is 10.9 Å². The molecule has 0 unspecified atom stereocenters. The summed E-state index contributed by atoms with van der Waals surface area (Å²) in [6.07, 6.45) is 3.73. The summed E-state index contributed by atoms with van der Waals surface area (Å²) in [5, 5.41) is 9.34. The predicted molar refractivity (Wildman–Crippen MR) is 106 cm³/mol. The van der Waals surface area contributed by atoms with Crippen LogP contribution in [0.2, 0.25) is 0 Å². The predicted octanol–water partition coefficient (Wildman–Crippen LogP) is 3.13. The van der Waals surface area contributed by atoms with Crippen molar-refractivity contribution >= 4 is 34.7 Å². The van der Waals surface area contributed by atoms with Crippen LogP contribution in [-0.2, 0) is 17.6 Å². The van der Waals surface area contributed by atoms with E-state index >= 15 is 0 Å². The Bertz CT molecular complexity index is 1030. The molecule has 27 heavy (non-hydrogen) atoms. The van der Waals surface area contributed by atoms with Gasteiger partial charge < -0.3 is 5.32 Å². The van der Waals surface area contributed by atoms with Gasteiger partial charge in [-0.15, -0.1) is 22.9 Å². The third kappa shape index (κ3) is 3.68. The number of carbonyl (C=O) groups is 1. The fourth-order valence-electron chi connectivity index (χ4n) is 3.16. The van der Waals surface area contributed by atoms with E-state index in [-0.39, 0.29) is 23.8 Å². The first-order valence-corrected chi connectivity index (χ1v) is 10.2. The first kappa shape index (κ1) is 17.9. The zero-order valence-corrected chi connectivity index (χ0v) is 16.1. The zero-order chi connectivity index (χ0) is 18.8. The van der Waals surface area contributed by atoms with Crippen LogP contribution in [0, 0.1) is 0 Å². The molecule has 0 fully saturated rings. The molecule has 3 aromatic heterocycles. The lowest BCUT2D eigenvalue weighted by Gasteiger charge is -2.15. The second kappa shape index (κ2) is 7.66. The third-order valence-electron chi connectivity index (χ3n) is 4.45. The number of anilines is 1. The quantitative estimate of drug-likeness (QED) is 0.640. The van der Waals surface area contributed by atoms with Gasteiger partial charge in [0.2, 0.25) is 11.9 Å². The van der Waals surface area contributed by atoms with E-state index in [1.807, 2.05) is 17.5 Å². The maximum atomic E-state index is 12.5. The Balaban J connectivity index is 1.80. The van der Waals surface area contributed by atoms with Gasteiger partial charge in [0.05, 0.1) is 10.6 Å². The van der Waals surface area contributed by atoms with E-state index in [1.165, 1.54) is 4.68 Å². The largest absolute Gasteiger partial charge is 0.310 e. The maximum Gasteiger partial charge on any atom is 0.255 e. The fourth-order valence-corrected chi connectivity index (χ4v) is 4.01. The average molecular weight is 404 g/mol. The Morgan fingerprint density at radius 2 is 2.22 bits per heavy atom. The highest BCUT2D eigenvalue weighted by Gasteiger charge is 2.20. The van der Waals surface area contributed by atoms with E-state index < -0.39 is 0 Å². The summed E-state index contributed by atoms with van der Waals surface area (Å²) in [6.45, 7) is 0. The van der Waals surface area contributed by atoms with Gasteiger partial charge in [-0.1, -0.05) is 6.07 Å². The summed E-state index contributed by atoms with van der Waals surface area (Å²) < 4.78 is 1.48. The number of hydrogen-bond acceptors (Lipinski definition) is 5. The molecular weight excluding hydrogens is 386 g/mol. The summed E-state index contributed by atoms with van der Waals surface area (Å²) >= 11 is 7.21. The Kier molecular flexibility index (Phi) is 5.09. The molecule has 3 aromatic rings. The van der Waals surface area contributed by atoms with Crippen molar-refractivity contribution in [2.75, 3.05) is 11.2 Å². The van der Waals surface area contributed by atoms with E-state index in [1.54, 1.807) is 17.4 Å². The summed E-state index contributed by atoms with van der Waals surface area (Å²) in [7, 11) is 0. The molecule has 140 valence electrons. The van der Waals surface area contributed by atoms with Crippen molar-refractivity contribution in [2.45, 2.75) is 32.1 Å². The van der Waals surface area contributed by atoms with Crippen LogP contribution in [0.5, 0.6) is 0 Å². The van der Waals surface area contributed by atoms with Crippen LogP contribution >= 0.6 is 22.9 Å². The number of amides is 1. The van der Waals surface area contributed by atoms with Crippen LogP contribution in [0.4, 0.5) is 5.82 Å². The minimum atomic E-state index is -0.218. The van der Waals surface area contributed by atoms with Gasteiger partial charge in [0.15, 0.2) is 0 Å². The molecule has 0 spiro atoms. The Labute approximate surface area is 164 Å². The highest BCUT2D eigenvalue weighted by molar-refractivity contribution is 7.13. The number of fused-ring (bicyclic) bond motifs is 1. The molecule has 0 radical (unpaired) electrons. The molecule has 0 aromatic carbocycles. The summed E-state index contributed by atoms with van der Waals surface area (Å²) in [6, 6.07) is 5.66. The number of H-pyrrole nitrogens is 1. The summed E-state index contributed by atoms with van der Waals surface area (Å²) in [4.78, 5) is 33.0. The standard InChI is InChI=1S/C18H18ClN5O2S/c19-8-7-16(25)21-15-10-13(14-6-3-9-27-14)23-24(15)18-20-12-5-2-1-4-11(12)17(26)22-18/h3,6,9-10H,1-2,4-5,7-8H2,(H,21,25)(H,20,22,26). The topological polar surface area (TPSA) is 92.7 Å². The number of nitrogens with zero attached hydrogens (tertiary/aromatic N) is 3. The molecule has 1 amide bonds. The lowest BCUT2D eigenvalue weighted by atomic mass is 9.97. The number of aromatic amines is 1. The number of alkyl halides is 1. The molecule has 1 aliphatic carbocycles. The van der Waals surface area contributed by atoms with Crippen LogP contribution in [0.15, 0.2) is 28.4 Å². The summed E-state index contributed by atoms with van der Waals surface area (Å²) in [5.74, 6) is 0.771. The van der Waals surface area contributed by atoms with Crippen molar-refractivity contribution in [1.82, 2.24) is 19.7 Å². The van der Waals surface area contributed by atoms with Crippen molar-refractivity contribution in [3.8, 4) is 16.5 Å². The van der Waals surface area contributed by atoms with Crippen molar-refractivity contribution in [3.05, 3.63) is 45.2 Å². The molecule has 0 saturated carbocycles. The smallest absolute Gasteiger partial charge is 0.255 e. The van der Waals surface area contributed by atoms with Crippen molar-refractivity contribution in [2.24, 2.45) is 0 Å². The zero-order valence-electron chi connectivity index (χ0n) is 14.5. The van der Waals surface area contributed by atoms with Gasteiger partial charge in [0.1, 0.15) is 11.5 Å². The van der Waals surface area contributed by atoms with Crippen molar-refractivity contribution in [1.29, 1.82) is 0 Å². The van der Waals surface area contributed by atoms with E-state index in [0.29, 0.717) is 17.5 Å². The van der Waals surface area contributed by atoms with Gasteiger partial charge in [-0.3, -0.25) is 14.6 Å². The third-order valence-corrected chi connectivity index (χ3v) is 5.53. The first-order chi connectivity index (χ1) is 13.2. The number of aryl methyl sites for hydroxylation is 1. The number of hydrogen-bond donors (Lipinski definition) is 2. The van der Waals surface area contributed by atoms with Crippen molar-refractivity contribution in [3.63, 3.8) is 0 Å². The Hall–Kier alpha value is -2.45. The molecule has 0 atom stereocenters. The van der Waals surface area contributed by atoms with E-state index in [2.05, 4.69) is 20.4 Å². The minimum Gasteiger partial charge on any atom is -0.310 e. The molecular formula is C18H18ClN5O2S. The lowest BCUT2D eigenvalue weighted by Crippen LogP contribution is -2.24. The average Bonchev–Trinajstić information content (AvgIpc) is 3.31. The number of halogens is 1. The number of rotatable bonds is 5. The van der Waals surface area contributed by atoms with E-state index in [4.69, 9.17) is 11.6 Å². The van der Waals surface area contributed by atoms with Crippen LogP contribution in [0.25, 0.3) is 16.5 Å². The van der Waals surface area contributed by atoms with Gasteiger partial charge in [-0.25, -0.2) is 4.98 Å². The highest BCUT2D eigenvalue weighted by atomic mass is 35.5. The molecule has 1 aliphatic rings. The number of carbonyl (C=O) groups excluding carboxylic acids is 1. The SMILES string of the molecule is O=C(CCCl)Nc1cc(-c2cccs2)nn1-c1nc2c(c(=O)[nH]1)CCCC2. The molecule has 0 aliphatic heterocycles. The number of thiophene rings is 1. The molecule has 0 bridgehead atoms. The van der Waals surface area contributed by atoms with Gasteiger partial charge in [-0.2, -0.15) is 9.78 Å². The highest BCUT2D eigenvalue weighted by Crippen LogP contribution is 2.27. The van der Waals surface area contributed by atoms with Gasteiger partial charge in [0, 0.05) is 23.9 Å². The molecule has 7 nitrogen and oxygen atoms in total. The minimum absolute atomic E-state index is 0.138.